The minimum Gasteiger partial charge on any atom is -0.250 e. The van der Waals surface area contributed by atoms with Crippen molar-refractivity contribution in [1.82, 2.24) is 15.0 Å². The summed E-state index contributed by atoms with van der Waals surface area (Å²) in [6.45, 7) is 0. The van der Waals surface area contributed by atoms with E-state index < -0.39 is 0 Å². The molecule has 0 spiro atoms. The van der Waals surface area contributed by atoms with Gasteiger partial charge in [0.2, 0.25) is 0 Å². The van der Waals surface area contributed by atoms with Gasteiger partial charge in [0.1, 0.15) is 11.5 Å². The summed E-state index contributed by atoms with van der Waals surface area (Å²) in [6, 6.07) is 2.85. The molecule has 76 valence electrons. The number of alkyl halides is 1. The van der Waals surface area contributed by atoms with E-state index in [1.807, 2.05) is 0 Å². The molecule has 0 aliphatic rings. The van der Waals surface area contributed by atoms with E-state index in [-0.39, 0.29) is 5.82 Å². The third-order valence-corrected chi connectivity index (χ3v) is 2.12. The van der Waals surface area contributed by atoms with Crippen molar-refractivity contribution in [3.63, 3.8) is 0 Å². The van der Waals surface area contributed by atoms with Crippen LogP contribution in [0.1, 0.15) is 5.56 Å². The van der Waals surface area contributed by atoms with Crippen LogP contribution in [0.25, 0.3) is 11.5 Å². The Hall–Kier alpha value is -1.55. The molecule has 0 bridgehead atoms. The van der Waals surface area contributed by atoms with E-state index in [2.05, 4.69) is 15.0 Å². The molecular formula is C10H7ClFN3. The smallest absolute Gasteiger partial charge is 0.178 e. The highest BCUT2D eigenvalue weighted by molar-refractivity contribution is 6.17. The highest BCUT2D eigenvalue weighted by Crippen LogP contribution is 2.11. The number of pyridine rings is 1. The Morgan fingerprint density at radius 1 is 1.07 bits per heavy atom. The standard InChI is InChI=1S/C10H7ClFN3/c11-3-7-4-14-10(15-5-7)9-2-1-8(12)6-13-9/h1-2,4-6H,3H2. The largest absolute Gasteiger partial charge is 0.250 e. The van der Waals surface area contributed by atoms with E-state index in [1.165, 1.54) is 12.1 Å². The van der Waals surface area contributed by atoms with Crippen LogP contribution in [0.5, 0.6) is 0 Å². The van der Waals surface area contributed by atoms with Crippen molar-refractivity contribution < 1.29 is 4.39 Å². The zero-order valence-corrected chi connectivity index (χ0v) is 8.45. The van der Waals surface area contributed by atoms with Crippen LogP contribution in [0.4, 0.5) is 4.39 Å². The molecule has 0 aromatic carbocycles. The minimum atomic E-state index is -0.379. The number of nitrogens with zero attached hydrogens (tertiary/aromatic N) is 3. The van der Waals surface area contributed by atoms with Gasteiger partial charge in [0.25, 0.3) is 0 Å². The molecule has 0 aliphatic heterocycles. The second-order valence-electron chi connectivity index (χ2n) is 2.91. The first-order chi connectivity index (χ1) is 7.29. The van der Waals surface area contributed by atoms with Gasteiger partial charge in [-0.15, -0.1) is 11.6 Å². The molecule has 2 heterocycles. The maximum absolute atomic E-state index is 12.6. The number of aromatic nitrogens is 3. The molecular weight excluding hydrogens is 217 g/mol. The third-order valence-electron chi connectivity index (χ3n) is 1.82. The Morgan fingerprint density at radius 2 is 1.80 bits per heavy atom. The highest BCUT2D eigenvalue weighted by Gasteiger charge is 2.02. The van der Waals surface area contributed by atoms with E-state index in [9.17, 15) is 4.39 Å². The molecule has 5 heteroatoms. The summed E-state index contributed by atoms with van der Waals surface area (Å²) in [5.74, 6) is 0.455. The zero-order chi connectivity index (χ0) is 10.7. The Kier molecular flexibility index (Phi) is 2.87. The normalized spacial score (nSPS) is 10.3. The van der Waals surface area contributed by atoms with E-state index in [1.54, 1.807) is 12.4 Å². The van der Waals surface area contributed by atoms with Crippen LogP contribution < -0.4 is 0 Å². The molecule has 2 rings (SSSR count). The van der Waals surface area contributed by atoms with Gasteiger partial charge in [-0.2, -0.15) is 0 Å². The summed E-state index contributed by atoms with van der Waals surface area (Å²) in [6.07, 6.45) is 4.38. The highest BCUT2D eigenvalue weighted by atomic mass is 35.5. The summed E-state index contributed by atoms with van der Waals surface area (Å²) < 4.78 is 12.6. The summed E-state index contributed by atoms with van der Waals surface area (Å²) in [4.78, 5) is 12.0. The summed E-state index contributed by atoms with van der Waals surface area (Å²) in [7, 11) is 0. The molecule has 15 heavy (non-hydrogen) atoms. The predicted octanol–water partition coefficient (Wildman–Crippen LogP) is 2.42. The fourth-order valence-corrected chi connectivity index (χ4v) is 1.20. The summed E-state index contributed by atoms with van der Waals surface area (Å²) in [5.41, 5.74) is 1.38. The van der Waals surface area contributed by atoms with Crippen LogP contribution >= 0.6 is 11.6 Å². The quantitative estimate of drug-likeness (QED) is 0.734. The number of halogens is 2. The van der Waals surface area contributed by atoms with Crippen molar-refractivity contribution >= 4 is 11.6 Å². The first-order valence-electron chi connectivity index (χ1n) is 4.28. The molecule has 3 nitrogen and oxygen atoms in total. The van der Waals surface area contributed by atoms with Crippen LogP contribution in [-0.4, -0.2) is 15.0 Å². The molecule has 2 aromatic heterocycles. The Bertz CT molecular complexity index is 441. The second kappa shape index (κ2) is 4.31. The average Bonchev–Trinajstić information content (AvgIpc) is 2.30. The van der Waals surface area contributed by atoms with Crippen molar-refractivity contribution in [3.05, 3.63) is 42.1 Å². The maximum Gasteiger partial charge on any atom is 0.178 e. The molecule has 0 saturated carbocycles. The molecule has 0 unspecified atom stereocenters. The molecule has 0 amide bonds. The van der Waals surface area contributed by atoms with Gasteiger partial charge in [-0.25, -0.2) is 19.3 Å². The summed E-state index contributed by atoms with van der Waals surface area (Å²) >= 11 is 5.60. The fraction of sp³-hybridized carbons (Fsp3) is 0.100. The Morgan fingerprint density at radius 3 is 2.33 bits per heavy atom. The maximum atomic E-state index is 12.6. The fourth-order valence-electron chi connectivity index (χ4n) is 1.06. The van der Waals surface area contributed by atoms with Gasteiger partial charge in [-0.3, -0.25) is 0 Å². The SMILES string of the molecule is Fc1ccc(-c2ncc(CCl)cn2)nc1. The third kappa shape index (κ3) is 2.27. The molecule has 0 N–H and O–H groups in total. The lowest BCUT2D eigenvalue weighted by Crippen LogP contribution is -1.93. The monoisotopic (exact) mass is 223 g/mol. The molecule has 0 fully saturated rings. The molecule has 0 radical (unpaired) electrons. The zero-order valence-electron chi connectivity index (χ0n) is 7.69. The van der Waals surface area contributed by atoms with Gasteiger partial charge in [0.05, 0.1) is 12.1 Å². The summed E-state index contributed by atoms with van der Waals surface area (Å²) in [5, 5.41) is 0. The topological polar surface area (TPSA) is 38.7 Å². The average molecular weight is 224 g/mol. The number of hydrogen-bond acceptors (Lipinski definition) is 3. The number of rotatable bonds is 2. The van der Waals surface area contributed by atoms with E-state index in [0.29, 0.717) is 17.4 Å². The molecule has 0 aliphatic carbocycles. The van der Waals surface area contributed by atoms with E-state index >= 15 is 0 Å². The lowest BCUT2D eigenvalue weighted by Gasteiger charge is -1.99. The van der Waals surface area contributed by atoms with Crippen molar-refractivity contribution in [2.24, 2.45) is 0 Å². The van der Waals surface area contributed by atoms with Crippen LogP contribution in [0.2, 0.25) is 0 Å². The molecule has 0 atom stereocenters. The van der Waals surface area contributed by atoms with Crippen molar-refractivity contribution in [1.29, 1.82) is 0 Å². The van der Waals surface area contributed by atoms with Crippen LogP contribution in [-0.2, 0) is 5.88 Å². The van der Waals surface area contributed by atoms with Gasteiger partial charge in [-0.1, -0.05) is 0 Å². The molecule has 0 saturated heterocycles. The van der Waals surface area contributed by atoms with Gasteiger partial charge in [0, 0.05) is 18.0 Å². The first kappa shape index (κ1) is 9.98. The van der Waals surface area contributed by atoms with Gasteiger partial charge >= 0.3 is 0 Å². The van der Waals surface area contributed by atoms with Crippen LogP contribution in [0.15, 0.2) is 30.7 Å². The van der Waals surface area contributed by atoms with Crippen LogP contribution in [0.3, 0.4) is 0 Å². The second-order valence-corrected chi connectivity index (χ2v) is 3.18. The lowest BCUT2D eigenvalue weighted by molar-refractivity contribution is 0.621. The van der Waals surface area contributed by atoms with Crippen molar-refractivity contribution in [3.8, 4) is 11.5 Å². The van der Waals surface area contributed by atoms with Gasteiger partial charge in [-0.05, 0) is 12.1 Å². The van der Waals surface area contributed by atoms with E-state index in [4.69, 9.17) is 11.6 Å². The minimum absolute atomic E-state index is 0.372. The predicted molar refractivity (Wildman–Crippen MR) is 54.8 cm³/mol. The van der Waals surface area contributed by atoms with Crippen molar-refractivity contribution in [2.75, 3.05) is 0 Å². The Balaban J connectivity index is 2.33. The van der Waals surface area contributed by atoms with Crippen molar-refractivity contribution in [2.45, 2.75) is 5.88 Å². The van der Waals surface area contributed by atoms with Gasteiger partial charge in [0.15, 0.2) is 5.82 Å². The Labute approximate surface area is 91.0 Å². The first-order valence-corrected chi connectivity index (χ1v) is 4.82. The lowest BCUT2D eigenvalue weighted by atomic mass is 10.3. The van der Waals surface area contributed by atoms with Gasteiger partial charge < -0.3 is 0 Å². The van der Waals surface area contributed by atoms with E-state index in [0.717, 1.165) is 11.8 Å². The number of hydrogen-bond donors (Lipinski definition) is 0. The van der Waals surface area contributed by atoms with Crippen LogP contribution in [0, 0.1) is 5.82 Å². The molecule has 2 aromatic rings.